The Morgan fingerprint density at radius 3 is 2.06 bits per heavy atom. The topological polar surface area (TPSA) is 18.8 Å². The number of para-hydroxylation sites is 2. The molecule has 3 aromatic rings. The first-order valence-electron chi connectivity index (χ1n) is 11.0. The van der Waals surface area contributed by atoms with Gasteiger partial charge in [0.25, 0.3) is 0 Å². The maximum atomic E-state index is 4.97. The van der Waals surface area contributed by atoms with Gasteiger partial charge in [0.1, 0.15) is 0 Å². The molecule has 3 nitrogen and oxygen atoms in total. The Morgan fingerprint density at radius 1 is 0.806 bits per heavy atom. The van der Waals surface area contributed by atoms with Gasteiger partial charge in [0.15, 0.2) is 0 Å². The molecular formula is C28H27N3. The average Bonchev–Trinajstić information content (AvgIpc) is 2.83. The fourth-order valence-corrected chi connectivity index (χ4v) is 4.39. The maximum absolute atomic E-state index is 4.97. The standard InChI is InChI=1S/C28H27N3/c1-2-31-27-16-10-9-15-25(27)29-26-18-17-24(19-28(26)31)30(20-22-11-5-3-6-12-22)21-23-13-7-4-8-14-23/h3-17,19H,2,18,20-21H2,1H3. The Labute approximate surface area is 184 Å². The van der Waals surface area contributed by atoms with Crippen LogP contribution in [0.5, 0.6) is 0 Å². The number of nitrogens with zero attached hydrogens (tertiary/aromatic N) is 3. The van der Waals surface area contributed by atoms with Gasteiger partial charge in [0.2, 0.25) is 0 Å². The first-order chi connectivity index (χ1) is 15.3. The Bertz CT molecular complexity index is 1100. The Morgan fingerprint density at radius 2 is 1.42 bits per heavy atom. The minimum absolute atomic E-state index is 0.853. The highest BCUT2D eigenvalue weighted by atomic mass is 15.2. The quantitative estimate of drug-likeness (QED) is 0.468. The summed E-state index contributed by atoms with van der Waals surface area (Å²) in [7, 11) is 0. The number of fused-ring (bicyclic) bond motifs is 2. The summed E-state index contributed by atoms with van der Waals surface area (Å²) < 4.78 is 0. The van der Waals surface area contributed by atoms with E-state index in [0.29, 0.717) is 0 Å². The largest absolute Gasteiger partial charge is 0.363 e. The number of rotatable bonds is 6. The van der Waals surface area contributed by atoms with Gasteiger partial charge in [-0.2, -0.15) is 0 Å². The normalized spacial score (nSPS) is 14.7. The predicted molar refractivity (Wildman–Crippen MR) is 129 cm³/mol. The first-order valence-corrected chi connectivity index (χ1v) is 11.0. The van der Waals surface area contributed by atoms with Crippen molar-refractivity contribution in [3.63, 3.8) is 0 Å². The fourth-order valence-electron chi connectivity index (χ4n) is 4.39. The second-order valence-electron chi connectivity index (χ2n) is 7.98. The summed E-state index contributed by atoms with van der Waals surface area (Å²) >= 11 is 0. The molecule has 0 spiro atoms. The highest BCUT2D eigenvalue weighted by Gasteiger charge is 2.26. The number of benzene rings is 3. The van der Waals surface area contributed by atoms with E-state index in [1.54, 1.807) is 0 Å². The molecule has 1 aliphatic carbocycles. The van der Waals surface area contributed by atoms with Gasteiger partial charge in [-0.15, -0.1) is 0 Å². The Kier molecular flexibility index (Phi) is 5.40. The number of hydrogen-bond acceptors (Lipinski definition) is 3. The van der Waals surface area contributed by atoms with Crippen LogP contribution in [-0.4, -0.2) is 17.2 Å². The van der Waals surface area contributed by atoms with Crippen molar-refractivity contribution in [3.8, 4) is 0 Å². The van der Waals surface area contributed by atoms with Gasteiger partial charge in [-0.25, -0.2) is 4.99 Å². The zero-order chi connectivity index (χ0) is 21.0. The van der Waals surface area contributed by atoms with Crippen LogP contribution < -0.4 is 4.90 Å². The number of hydrogen-bond donors (Lipinski definition) is 0. The van der Waals surface area contributed by atoms with Crippen LogP contribution in [0.25, 0.3) is 0 Å². The van der Waals surface area contributed by atoms with Gasteiger partial charge in [0, 0.05) is 31.8 Å². The third kappa shape index (κ3) is 4.04. The summed E-state index contributed by atoms with van der Waals surface area (Å²) in [6.07, 6.45) is 5.51. The molecule has 0 radical (unpaired) electrons. The van der Waals surface area contributed by atoms with E-state index in [1.165, 1.54) is 28.2 Å². The molecule has 1 aliphatic heterocycles. The Balaban J connectivity index is 1.50. The molecule has 154 valence electrons. The highest BCUT2D eigenvalue weighted by molar-refractivity contribution is 6.09. The van der Waals surface area contributed by atoms with Crippen molar-refractivity contribution in [1.82, 2.24) is 4.90 Å². The average molecular weight is 406 g/mol. The lowest BCUT2D eigenvalue weighted by Gasteiger charge is -2.36. The lowest BCUT2D eigenvalue weighted by molar-refractivity contribution is 0.338. The second-order valence-corrected chi connectivity index (χ2v) is 7.98. The van der Waals surface area contributed by atoms with E-state index in [0.717, 1.165) is 37.5 Å². The van der Waals surface area contributed by atoms with Gasteiger partial charge >= 0.3 is 0 Å². The Hall–Kier alpha value is -3.59. The van der Waals surface area contributed by atoms with Gasteiger partial charge < -0.3 is 9.80 Å². The van der Waals surface area contributed by atoms with Crippen LogP contribution in [0.1, 0.15) is 24.5 Å². The molecule has 0 amide bonds. The van der Waals surface area contributed by atoms with Crippen molar-refractivity contribution >= 4 is 17.1 Å². The zero-order valence-electron chi connectivity index (χ0n) is 17.9. The molecule has 1 heterocycles. The molecule has 0 atom stereocenters. The number of allylic oxidation sites excluding steroid dienone is 3. The summed E-state index contributed by atoms with van der Waals surface area (Å²) in [4.78, 5) is 9.84. The van der Waals surface area contributed by atoms with Crippen LogP contribution in [0.4, 0.5) is 11.4 Å². The van der Waals surface area contributed by atoms with E-state index in [4.69, 9.17) is 4.99 Å². The molecule has 31 heavy (non-hydrogen) atoms. The lowest BCUT2D eigenvalue weighted by Crippen LogP contribution is -2.33. The molecule has 3 aromatic carbocycles. The third-order valence-electron chi connectivity index (χ3n) is 5.92. The molecule has 0 unspecified atom stereocenters. The van der Waals surface area contributed by atoms with E-state index < -0.39 is 0 Å². The van der Waals surface area contributed by atoms with E-state index in [-0.39, 0.29) is 0 Å². The molecule has 0 saturated carbocycles. The molecule has 5 rings (SSSR count). The van der Waals surface area contributed by atoms with Gasteiger partial charge in [-0.3, -0.25) is 0 Å². The summed E-state index contributed by atoms with van der Waals surface area (Å²) in [6.45, 7) is 4.89. The van der Waals surface area contributed by atoms with Crippen LogP contribution in [0.15, 0.2) is 113 Å². The van der Waals surface area contributed by atoms with Gasteiger partial charge in [0.05, 0.1) is 22.8 Å². The minimum Gasteiger partial charge on any atom is -0.363 e. The van der Waals surface area contributed by atoms with Crippen molar-refractivity contribution in [2.45, 2.75) is 26.4 Å². The lowest BCUT2D eigenvalue weighted by atomic mass is 10.00. The van der Waals surface area contributed by atoms with E-state index in [2.05, 4.69) is 114 Å². The molecule has 2 aliphatic rings. The van der Waals surface area contributed by atoms with Crippen molar-refractivity contribution in [1.29, 1.82) is 0 Å². The van der Waals surface area contributed by atoms with Gasteiger partial charge in [-0.05, 0) is 36.3 Å². The maximum Gasteiger partial charge on any atom is 0.0870 e. The minimum atomic E-state index is 0.853. The number of aliphatic imine (C=N–C) groups is 1. The monoisotopic (exact) mass is 405 g/mol. The predicted octanol–water partition coefficient (Wildman–Crippen LogP) is 6.47. The van der Waals surface area contributed by atoms with E-state index >= 15 is 0 Å². The number of anilines is 1. The SMILES string of the molecule is CCN1C2=CC(N(Cc3ccccc3)Cc3ccccc3)=CCC2=Nc2ccccc21. The zero-order valence-corrected chi connectivity index (χ0v) is 17.9. The fraction of sp³-hybridized carbons (Fsp3) is 0.179. The first kappa shape index (κ1) is 19.4. The highest BCUT2D eigenvalue weighted by Crippen LogP contribution is 2.38. The molecule has 0 saturated heterocycles. The summed E-state index contributed by atoms with van der Waals surface area (Å²) in [5.41, 5.74) is 8.54. The van der Waals surface area contributed by atoms with Crippen molar-refractivity contribution in [3.05, 3.63) is 120 Å². The molecule has 0 aromatic heterocycles. The molecule has 0 bridgehead atoms. The van der Waals surface area contributed by atoms with Gasteiger partial charge in [-0.1, -0.05) is 78.9 Å². The van der Waals surface area contributed by atoms with Crippen LogP contribution in [0, 0.1) is 0 Å². The second kappa shape index (κ2) is 8.65. The molecule has 0 fully saturated rings. The third-order valence-corrected chi connectivity index (χ3v) is 5.92. The summed E-state index contributed by atoms with van der Waals surface area (Å²) in [5.74, 6) is 0. The van der Waals surface area contributed by atoms with Crippen molar-refractivity contribution < 1.29 is 0 Å². The van der Waals surface area contributed by atoms with Crippen LogP contribution in [0.2, 0.25) is 0 Å². The molecule has 3 heteroatoms. The van der Waals surface area contributed by atoms with Crippen molar-refractivity contribution in [2.75, 3.05) is 11.4 Å². The van der Waals surface area contributed by atoms with E-state index in [9.17, 15) is 0 Å². The van der Waals surface area contributed by atoms with Crippen molar-refractivity contribution in [2.24, 2.45) is 4.99 Å². The molecule has 0 N–H and O–H groups in total. The molecular weight excluding hydrogens is 378 g/mol. The van der Waals surface area contributed by atoms with E-state index in [1.807, 2.05) is 0 Å². The smallest absolute Gasteiger partial charge is 0.0870 e. The summed E-state index contributed by atoms with van der Waals surface area (Å²) in [6, 6.07) is 29.9. The van der Waals surface area contributed by atoms with Crippen LogP contribution in [-0.2, 0) is 13.1 Å². The summed E-state index contributed by atoms with van der Waals surface area (Å²) in [5, 5.41) is 0. The van der Waals surface area contributed by atoms with Crippen LogP contribution in [0.3, 0.4) is 0 Å². The van der Waals surface area contributed by atoms with Crippen LogP contribution >= 0.6 is 0 Å².